The number of halogens is 2. The Hall–Kier alpha value is -2.06. The molecule has 4 rings (SSSR count). The zero-order chi connectivity index (χ0) is 20.4. The number of amides is 1. The minimum atomic E-state index is -0.188. The number of rotatable bonds is 6. The molecule has 0 saturated heterocycles. The molecule has 1 N–H and O–H groups in total. The van der Waals surface area contributed by atoms with Gasteiger partial charge in [0.2, 0.25) is 5.91 Å². The standard InChI is InChI=1S/C20H16Cl2N4OS2/c1-2-26-19(14-10-28-17-6-4-3-5-13(14)17)24-25-20(26)29-11-18(27)23-16-9-12(21)7-8-15(16)22/h3-10H,2,11H2,1H3,(H,23,27). The third-order valence-electron chi connectivity index (χ3n) is 4.29. The maximum absolute atomic E-state index is 12.4. The van der Waals surface area contributed by atoms with E-state index in [4.69, 9.17) is 23.2 Å². The summed E-state index contributed by atoms with van der Waals surface area (Å²) < 4.78 is 3.24. The van der Waals surface area contributed by atoms with Crippen LogP contribution in [0.25, 0.3) is 21.5 Å². The third kappa shape index (κ3) is 4.28. The van der Waals surface area contributed by atoms with E-state index in [1.807, 2.05) is 23.6 Å². The number of benzene rings is 2. The van der Waals surface area contributed by atoms with E-state index < -0.39 is 0 Å². The van der Waals surface area contributed by atoms with Gasteiger partial charge >= 0.3 is 0 Å². The number of thiophene rings is 1. The summed E-state index contributed by atoms with van der Waals surface area (Å²) in [6.07, 6.45) is 0. The molecule has 0 bridgehead atoms. The van der Waals surface area contributed by atoms with Crippen LogP contribution in [0.1, 0.15) is 6.92 Å². The predicted octanol–water partition coefficient (Wildman–Crippen LogP) is 6.22. The average molecular weight is 463 g/mol. The molecule has 0 saturated carbocycles. The van der Waals surface area contributed by atoms with Crippen molar-refractivity contribution in [1.82, 2.24) is 14.8 Å². The fourth-order valence-corrected chi connectivity index (χ4v) is 5.02. The van der Waals surface area contributed by atoms with Gasteiger partial charge in [-0.1, -0.05) is 53.2 Å². The number of hydrogen-bond acceptors (Lipinski definition) is 5. The number of nitrogens with zero attached hydrogens (tertiary/aromatic N) is 3. The van der Waals surface area contributed by atoms with Gasteiger partial charge in [-0.3, -0.25) is 4.79 Å². The highest BCUT2D eigenvalue weighted by atomic mass is 35.5. The first-order valence-electron chi connectivity index (χ1n) is 8.84. The van der Waals surface area contributed by atoms with Gasteiger partial charge in [-0.15, -0.1) is 21.5 Å². The van der Waals surface area contributed by atoms with Crippen LogP contribution in [0.5, 0.6) is 0 Å². The Morgan fingerprint density at radius 2 is 2.03 bits per heavy atom. The summed E-state index contributed by atoms with van der Waals surface area (Å²) >= 11 is 15.1. The Labute approximate surface area is 186 Å². The molecule has 148 valence electrons. The first kappa shape index (κ1) is 20.2. The van der Waals surface area contributed by atoms with Crippen LogP contribution >= 0.6 is 46.3 Å². The van der Waals surface area contributed by atoms with Gasteiger partial charge in [0.1, 0.15) is 0 Å². The van der Waals surface area contributed by atoms with Gasteiger partial charge in [-0.25, -0.2) is 0 Å². The summed E-state index contributed by atoms with van der Waals surface area (Å²) in [5, 5.41) is 16.4. The molecule has 2 aromatic heterocycles. The summed E-state index contributed by atoms with van der Waals surface area (Å²) in [6.45, 7) is 2.74. The third-order valence-corrected chi connectivity index (χ3v) is 6.78. The topological polar surface area (TPSA) is 59.8 Å². The van der Waals surface area contributed by atoms with Crippen LogP contribution in [0.15, 0.2) is 53.0 Å². The lowest BCUT2D eigenvalue weighted by Crippen LogP contribution is -2.15. The number of thioether (sulfide) groups is 1. The molecular formula is C20H16Cl2N4OS2. The molecule has 0 fully saturated rings. The van der Waals surface area contributed by atoms with Crippen LogP contribution in [-0.4, -0.2) is 26.4 Å². The largest absolute Gasteiger partial charge is 0.324 e. The van der Waals surface area contributed by atoms with Gasteiger partial charge in [0, 0.05) is 32.6 Å². The van der Waals surface area contributed by atoms with Crippen molar-refractivity contribution in [2.45, 2.75) is 18.6 Å². The number of hydrogen-bond donors (Lipinski definition) is 1. The van der Waals surface area contributed by atoms with Crippen molar-refractivity contribution in [2.24, 2.45) is 0 Å². The second-order valence-corrected chi connectivity index (χ2v) is 8.85. The van der Waals surface area contributed by atoms with Gasteiger partial charge in [0.15, 0.2) is 11.0 Å². The van der Waals surface area contributed by atoms with Crippen LogP contribution in [0.2, 0.25) is 10.0 Å². The molecule has 29 heavy (non-hydrogen) atoms. The Kier molecular flexibility index (Phi) is 6.10. The molecule has 0 aliphatic carbocycles. The van der Waals surface area contributed by atoms with Gasteiger partial charge in [-0.05, 0) is 31.2 Å². The molecule has 0 atom stereocenters. The van der Waals surface area contributed by atoms with E-state index in [-0.39, 0.29) is 11.7 Å². The lowest BCUT2D eigenvalue weighted by Gasteiger charge is -2.09. The fourth-order valence-electron chi connectivity index (χ4n) is 2.94. The molecule has 0 aliphatic rings. The Bertz CT molecular complexity index is 1190. The van der Waals surface area contributed by atoms with E-state index in [0.29, 0.717) is 27.4 Å². The molecule has 9 heteroatoms. The predicted molar refractivity (Wildman–Crippen MR) is 122 cm³/mol. The smallest absolute Gasteiger partial charge is 0.234 e. The van der Waals surface area contributed by atoms with E-state index in [0.717, 1.165) is 16.8 Å². The maximum Gasteiger partial charge on any atom is 0.234 e. The molecule has 4 aromatic rings. The number of anilines is 1. The van der Waals surface area contributed by atoms with Crippen molar-refractivity contribution >= 4 is 68.0 Å². The number of carbonyl (C=O) groups is 1. The van der Waals surface area contributed by atoms with Gasteiger partial charge < -0.3 is 9.88 Å². The lowest BCUT2D eigenvalue weighted by molar-refractivity contribution is -0.113. The molecular weight excluding hydrogens is 447 g/mol. The Balaban J connectivity index is 1.51. The lowest BCUT2D eigenvalue weighted by atomic mass is 10.1. The second-order valence-electron chi connectivity index (χ2n) is 6.16. The quantitative estimate of drug-likeness (QED) is 0.345. The van der Waals surface area contributed by atoms with Crippen molar-refractivity contribution in [3.63, 3.8) is 0 Å². The molecule has 0 spiro atoms. The molecule has 0 radical (unpaired) electrons. The maximum atomic E-state index is 12.4. The SMILES string of the molecule is CCn1c(SCC(=O)Nc2cc(Cl)ccc2Cl)nnc1-c1csc2ccccc12. The van der Waals surface area contributed by atoms with Crippen LogP contribution in [0.3, 0.4) is 0 Å². The first-order chi connectivity index (χ1) is 14.1. The van der Waals surface area contributed by atoms with Crippen LogP contribution in [0, 0.1) is 0 Å². The first-order valence-corrected chi connectivity index (χ1v) is 11.5. The molecule has 5 nitrogen and oxygen atoms in total. The normalized spacial score (nSPS) is 11.1. The van der Waals surface area contributed by atoms with E-state index in [2.05, 4.69) is 33.0 Å². The number of fused-ring (bicyclic) bond motifs is 1. The summed E-state index contributed by atoms with van der Waals surface area (Å²) in [5.41, 5.74) is 1.55. The highest BCUT2D eigenvalue weighted by Gasteiger charge is 2.17. The summed E-state index contributed by atoms with van der Waals surface area (Å²) in [7, 11) is 0. The molecule has 2 aromatic carbocycles. The average Bonchev–Trinajstić information content (AvgIpc) is 3.32. The van der Waals surface area contributed by atoms with Crippen molar-refractivity contribution in [1.29, 1.82) is 0 Å². The van der Waals surface area contributed by atoms with Crippen molar-refractivity contribution in [3.8, 4) is 11.4 Å². The fraction of sp³-hybridized carbons (Fsp3) is 0.150. The van der Waals surface area contributed by atoms with Crippen molar-refractivity contribution in [3.05, 3.63) is 57.9 Å². The van der Waals surface area contributed by atoms with Crippen LogP contribution in [-0.2, 0) is 11.3 Å². The van der Waals surface area contributed by atoms with E-state index in [1.54, 1.807) is 29.5 Å². The second kappa shape index (κ2) is 8.75. The van der Waals surface area contributed by atoms with E-state index >= 15 is 0 Å². The Morgan fingerprint density at radius 3 is 2.86 bits per heavy atom. The van der Waals surface area contributed by atoms with Gasteiger partial charge in [-0.2, -0.15) is 0 Å². The molecule has 0 unspecified atom stereocenters. The summed E-state index contributed by atoms with van der Waals surface area (Å²) in [4.78, 5) is 12.4. The summed E-state index contributed by atoms with van der Waals surface area (Å²) in [5.74, 6) is 0.809. The monoisotopic (exact) mass is 462 g/mol. The summed E-state index contributed by atoms with van der Waals surface area (Å²) in [6, 6.07) is 13.2. The number of aromatic nitrogens is 3. The van der Waals surface area contributed by atoms with Crippen molar-refractivity contribution in [2.75, 3.05) is 11.1 Å². The highest BCUT2D eigenvalue weighted by molar-refractivity contribution is 7.99. The highest BCUT2D eigenvalue weighted by Crippen LogP contribution is 2.34. The molecule has 0 aliphatic heterocycles. The van der Waals surface area contributed by atoms with Gasteiger partial charge in [0.25, 0.3) is 0 Å². The minimum absolute atomic E-state index is 0.186. The van der Waals surface area contributed by atoms with Crippen molar-refractivity contribution < 1.29 is 4.79 Å². The van der Waals surface area contributed by atoms with E-state index in [1.165, 1.54) is 16.5 Å². The van der Waals surface area contributed by atoms with Gasteiger partial charge in [0.05, 0.1) is 16.5 Å². The zero-order valence-electron chi connectivity index (χ0n) is 15.4. The zero-order valence-corrected chi connectivity index (χ0v) is 18.5. The van der Waals surface area contributed by atoms with E-state index in [9.17, 15) is 4.79 Å². The Morgan fingerprint density at radius 1 is 1.21 bits per heavy atom. The molecule has 1 amide bonds. The minimum Gasteiger partial charge on any atom is -0.324 e. The molecule has 2 heterocycles. The van der Waals surface area contributed by atoms with Crippen LogP contribution in [0.4, 0.5) is 5.69 Å². The van der Waals surface area contributed by atoms with Crippen LogP contribution < -0.4 is 5.32 Å². The number of nitrogens with one attached hydrogen (secondary N) is 1. The number of carbonyl (C=O) groups excluding carboxylic acids is 1.